The molecule has 1 heterocycles. The number of nitrogens with zero attached hydrogens (tertiary/aromatic N) is 1. The molecule has 1 fully saturated rings. The number of carboxylic acid groups (broad SMARTS) is 1. The molecule has 0 aromatic heterocycles. The highest BCUT2D eigenvalue weighted by Gasteiger charge is 2.38. The van der Waals surface area contributed by atoms with Gasteiger partial charge in [-0.05, 0) is 12.3 Å². The lowest BCUT2D eigenvalue weighted by Gasteiger charge is -2.22. The number of carbonyl (C=O) groups is 2. The van der Waals surface area contributed by atoms with Gasteiger partial charge in [-0.15, -0.1) is 0 Å². The van der Waals surface area contributed by atoms with Gasteiger partial charge in [-0.3, -0.25) is 4.79 Å². The summed E-state index contributed by atoms with van der Waals surface area (Å²) in [5.74, 6) is -0.864. The average molecular weight is 185 g/mol. The van der Waals surface area contributed by atoms with Crippen molar-refractivity contribution in [1.82, 2.24) is 4.90 Å². The molecule has 1 N–H and O–H groups in total. The Morgan fingerprint density at radius 1 is 1.54 bits per heavy atom. The van der Waals surface area contributed by atoms with E-state index < -0.39 is 12.0 Å². The topological polar surface area (TPSA) is 57.6 Å². The Morgan fingerprint density at radius 2 is 2.15 bits per heavy atom. The van der Waals surface area contributed by atoms with Crippen LogP contribution in [0.5, 0.6) is 0 Å². The standard InChI is InChI=1S/C9H15NO3/c1-3-7(11)10-5-4-6(2)8(10)9(12)13/h6,8H,3-5H2,1-2H3,(H,12,13). The van der Waals surface area contributed by atoms with Crippen molar-refractivity contribution in [3.05, 3.63) is 0 Å². The van der Waals surface area contributed by atoms with E-state index in [1.54, 1.807) is 6.92 Å². The summed E-state index contributed by atoms with van der Waals surface area (Å²) < 4.78 is 0. The van der Waals surface area contributed by atoms with Crippen LogP contribution in [0.15, 0.2) is 0 Å². The van der Waals surface area contributed by atoms with Gasteiger partial charge in [-0.2, -0.15) is 0 Å². The van der Waals surface area contributed by atoms with Crippen LogP contribution < -0.4 is 0 Å². The summed E-state index contributed by atoms with van der Waals surface area (Å²) in [5.41, 5.74) is 0. The number of aliphatic carboxylic acids is 1. The lowest BCUT2D eigenvalue weighted by atomic mass is 10.0. The van der Waals surface area contributed by atoms with Crippen molar-refractivity contribution >= 4 is 11.9 Å². The van der Waals surface area contributed by atoms with E-state index in [0.717, 1.165) is 6.42 Å². The van der Waals surface area contributed by atoms with E-state index >= 15 is 0 Å². The first kappa shape index (κ1) is 10.0. The first-order chi connectivity index (χ1) is 6.07. The Morgan fingerprint density at radius 3 is 2.62 bits per heavy atom. The fraction of sp³-hybridized carbons (Fsp3) is 0.778. The minimum absolute atomic E-state index is 0.0586. The molecular formula is C9H15NO3. The van der Waals surface area contributed by atoms with Crippen molar-refractivity contribution in [2.24, 2.45) is 5.92 Å². The highest BCUT2D eigenvalue weighted by atomic mass is 16.4. The molecule has 1 aliphatic rings. The van der Waals surface area contributed by atoms with E-state index in [2.05, 4.69) is 0 Å². The zero-order valence-corrected chi connectivity index (χ0v) is 7.99. The minimum atomic E-state index is -0.883. The largest absolute Gasteiger partial charge is 0.480 e. The van der Waals surface area contributed by atoms with Crippen molar-refractivity contribution in [2.75, 3.05) is 6.54 Å². The van der Waals surface area contributed by atoms with Gasteiger partial charge in [0.2, 0.25) is 5.91 Å². The third-order valence-electron chi connectivity index (χ3n) is 2.58. The summed E-state index contributed by atoms with van der Waals surface area (Å²) in [6, 6.07) is -0.604. The maximum atomic E-state index is 11.3. The smallest absolute Gasteiger partial charge is 0.326 e. The highest BCUT2D eigenvalue weighted by molar-refractivity contribution is 5.84. The second-order valence-corrected chi connectivity index (χ2v) is 3.49. The Labute approximate surface area is 77.5 Å². The van der Waals surface area contributed by atoms with E-state index in [4.69, 9.17) is 5.11 Å². The fourth-order valence-electron chi connectivity index (χ4n) is 1.81. The van der Waals surface area contributed by atoms with Gasteiger partial charge < -0.3 is 10.0 Å². The van der Waals surface area contributed by atoms with Crippen LogP contribution in [-0.2, 0) is 9.59 Å². The molecule has 0 bridgehead atoms. The number of likely N-dealkylation sites (tertiary alicyclic amines) is 1. The quantitative estimate of drug-likeness (QED) is 0.689. The van der Waals surface area contributed by atoms with Crippen molar-refractivity contribution in [3.63, 3.8) is 0 Å². The van der Waals surface area contributed by atoms with Gasteiger partial charge in [0.15, 0.2) is 0 Å². The molecule has 1 amide bonds. The summed E-state index contributed by atoms with van der Waals surface area (Å²) in [7, 11) is 0. The van der Waals surface area contributed by atoms with Crippen LogP contribution in [0.4, 0.5) is 0 Å². The van der Waals surface area contributed by atoms with Crippen LogP contribution in [0.1, 0.15) is 26.7 Å². The van der Waals surface area contributed by atoms with Gasteiger partial charge in [0, 0.05) is 13.0 Å². The van der Waals surface area contributed by atoms with Crippen LogP contribution in [0.25, 0.3) is 0 Å². The third-order valence-corrected chi connectivity index (χ3v) is 2.58. The summed E-state index contributed by atoms with van der Waals surface area (Å²) >= 11 is 0. The molecule has 2 atom stereocenters. The number of hydrogen-bond acceptors (Lipinski definition) is 2. The van der Waals surface area contributed by atoms with Gasteiger partial charge in [-0.1, -0.05) is 13.8 Å². The molecular weight excluding hydrogens is 170 g/mol. The second-order valence-electron chi connectivity index (χ2n) is 3.49. The molecule has 1 aliphatic heterocycles. The third kappa shape index (κ3) is 1.82. The summed E-state index contributed by atoms with van der Waals surface area (Å²) in [6.45, 7) is 4.22. The molecule has 13 heavy (non-hydrogen) atoms. The van der Waals surface area contributed by atoms with E-state index in [9.17, 15) is 9.59 Å². The maximum absolute atomic E-state index is 11.3. The molecule has 0 spiro atoms. The van der Waals surface area contributed by atoms with Gasteiger partial charge >= 0.3 is 5.97 Å². The number of hydrogen-bond donors (Lipinski definition) is 1. The van der Waals surface area contributed by atoms with Gasteiger partial charge in [-0.25, -0.2) is 4.79 Å². The molecule has 4 heteroatoms. The first-order valence-corrected chi connectivity index (χ1v) is 4.60. The molecule has 1 saturated heterocycles. The Balaban J connectivity index is 2.75. The van der Waals surface area contributed by atoms with Crippen molar-refractivity contribution in [3.8, 4) is 0 Å². The summed E-state index contributed by atoms with van der Waals surface area (Å²) in [5, 5.41) is 8.90. The molecule has 0 aromatic carbocycles. The molecule has 0 radical (unpaired) electrons. The van der Waals surface area contributed by atoms with Crippen molar-refractivity contribution < 1.29 is 14.7 Å². The maximum Gasteiger partial charge on any atom is 0.326 e. The molecule has 4 nitrogen and oxygen atoms in total. The number of rotatable bonds is 2. The first-order valence-electron chi connectivity index (χ1n) is 4.60. The van der Waals surface area contributed by atoms with E-state index in [0.29, 0.717) is 13.0 Å². The van der Waals surface area contributed by atoms with Gasteiger partial charge in [0.05, 0.1) is 0 Å². The Bertz CT molecular complexity index is 227. The summed E-state index contributed by atoms with van der Waals surface area (Å²) in [6.07, 6.45) is 1.18. The van der Waals surface area contributed by atoms with Gasteiger partial charge in [0.25, 0.3) is 0 Å². The van der Waals surface area contributed by atoms with E-state index in [1.807, 2.05) is 6.92 Å². The molecule has 0 aliphatic carbocycles. The van der Waals surface area contributed by atoms with Crippen LogP contribution in [0.2, 0.25) is 0 Å². The lowest BCUT2D eigenvalue weighted by molar-refractivity contribution is -0.149. The molecule has 2 unspecified atom stereocenters. The van der Waals surface area contributed by atoms with Crippen LogP contribution in [0.3, 0.4) is 0 Å². The lowest BCUT2D eigenvalue weighted by Crippen LogP contribution is -2.42. The molecule has 74 valence electrons. The van der Waals surface area contributed by atoms with E-state index in [-0.39, 0.29) is 11.8 Å². The predicted octanol–water partition coefficient (Wildman–Crippen LogP) is 0.718. The normalized spacial score (nSPS) is 27.7. The monoisotopic (exact) mass is 185 g/mol. The minimum Gasteiger partial charge on any atom is -0.480 e. The van der Waals surface area contributed by atoms with Crippen molar-refractivity contribution in [2.45, 2.75) is 32.7 Å². The predicted molar refractivity (Wildman–Crippen MR) is 47.2 cm³/mol. The van der Waals surface area contributed by atoms with E-state index in [1.165, 1.54) is 4.90 Å². The number of amides is 1. The fourth-order valence-corrected chi connectivity index (χ4v) is 1.81. The second kappa shape index (κ2) is 3.77. The van der Waals surface area contributed by atoms with Crippen LogP contribution >= 0.6 is 0 Å². The van der Waals surface area contributed by atoms with Crippen molar-refractivity contribution in [1.29, 1.82) is 0 Å². The number of carboxylic acids is 1. The SMILES string of the molecule is CCC(=O)N1CCC(C)C1C(=O)O. The van der Waals surface area contributed by atoms with Gasteiger partial charge in [0.1, 0.15) is 6.04 Å². The molecule has 0 aromatic rings. The van der Waals surface area contributed by atoms with Crippen LogP contribution in [-0.4, -0.2) is 34.5 Å². The Kier molecular flexibility index (Phi) is 2.90. The average Bonchev–Trinajstić information content (AvgIpc) is 2.45. The van der Waals surface area contributed by atoms with Crippen LogP contribution in [0, 0.1) is 5.92 Å². The molecule has 1 rings (SSSR count). The zero-order valence-electron chi connectivity index (χ0n) is 7.99. The summed E-state index contributed by atoms with van der Waals surface area (Å²) in [4.78, 5) is 23.7. The molecule has 0 saturated carbocycles. The zero-order chi connectivity index (χ0) is 10.0. The number of carbonyl (C=O) groups excluding carboxylic acids is 1. The Hall–Kier alpha value is -1.06. The highest BCUT2D eigenvalue weighted by Crippen LogP contribution is 2.24.